The van der Waals surface area contributed by atoms with Gasteiger partial charge in [0, 0.05) is 13.0 Å². The second kappa shape index (κ2) is 8.96. The van der Waals surface area contributed by atoms with Crippen LogP contribution >= 0.6 is 23.1 Å². The van der Waals surface area contributed by atoms with Gasteiger partial charge in [-0.05, 0) is 17.7 Å². The number of carbonyl (C=O) groups excluding carboxylic acids is 1. The Morgan fingerprint density at radius 1 is 1.26 bits per heavy atom. The molecule has 0 aliphatic heterocycles. The van der Waals surface area contributed by atoms with Gasteiger partial charge in [0.15, 0.2) is 16.8 Å². The number of hydrogen-bond donors (Lipinski definition) is 2. The predicted octanol–water partition coefficient (Wildman–Crippen LogP) is 4.59. The maximum absolute atomic E-state index is 13.1. The lowest BCUT2D eigenvalue weighted by Crippen LogP contribution is -2.28. The Hall–Kier alpha value is -2.46. The molecular formula is C17H16F2N4O2S2. The summed E-state index contributed by atoms with van der Waals surface area (Å²) in [7, 11) is 0. The lowest BCUT2D eigenvalue weighted by molar-refractivity contribution is 0.251. The second-order valence-corrected chi connectivity index (χ2v) is 7.71. The van der Waals surface area contributed by atoms with Crippen molar-refractivity contribution in [2.75, 3.05) is 5.32 Å². The quantitative estimate of drug-likeness (QED) is 0.557. The average molecular weight is 410 g/mol. The van der Waals surface area contributed by atoms with Crippen molar-refractivity contribution in [3.63, 3.8) is 0 Å². The molecule has 0 saturated heterocycles. The van der Waals surface area contributed by atoms with E-state index in [1.807, 2.05) is 6.92 Å². The highest BCUT2D eigenvalue weighted by Gasteiger charge is 2.10. The third-order valence-corrected chi connectivity index (χ3v) is 5.52. The first kappa shape index (κ1) is 19.3. The molecular weight excluding hydrogens is 394 g/mol. The molecule has 2 aromatic heterocycles. The van der Waals surface area contributed by atoms with Crippen molar-refractivity contribution in [1.29, 1.82) is 0 Å². The van der Waals surface area contributed by atoms with Gasteiger partial charge in [0.05, 0.1) is 22.4 Å². The summed E-state index contributed by atoms with van der Waals surface area (Å²) in [5, 5.41) is 5.61. The fourth-order valence-corrected chi connectivity index (χ4v) is 3.79. The van der Waals surface area contributed by atoms with Crippen molar-refractivity contribution < 1.29 is 18.0 Å². The highest BCUT2D eigenvalue weighted by atomic mass is 32.2. The van der Waals surface area contributed by atoms with Gasteiger partial charge in [-0.2, -0.15) is 0 Å². The lowest BCUT2D eigenvalue weighted by atomic mass is 10.2. The fraction of sp³-hybridized carbons (Fsp3) is 0.235. The topological polar surface area (TPSA) is 80.0 Å². The van der Waals surface area contributed by atoms with Crippen LogP contribution in [-0.4, -0.2) is 16.0 Å². The number of nitrogens with one attached hydrogen (secondary N) is 2. The molecule has 3 aromatic rings. The highest BCUT2D eigenvalue weighted by molar-refractivity contribution is 8.00. The zero-order chi connectivity index (χ0) is 19.2. The number of urea groups is 1. The third-order valence-electron chi connectivity index (χ3n) is 3.43. The number of oxazole rings is 1. The van der Waals surface area contributed by atoms with Crippen LogP contribution in [0.4, 0.5) is 18.7 Å². The van der Waals surface area contributed by atoms with Crippen LogP contribution in [0.5, 0.6) is 0 Å². The number of rotatable bonds is 7. The average Bonchev–Trinajstić information content (AvgIpc) is 3.30. The maximum atomic E-state index is 13.1. The molecule has 1 aromatic carbocycles. The van der Waals surface area contributed by atoms with E-state index in [0.717, 1.165) is 28.5 Å². The number of carbonyl (C=O) groups is 1. The van der Waals surface area contributed by atoms with Gasteiger partial charge in [0.25, 0.3) is 0 Å². The molecule has 2 heterocycles. The molecule has 0 bridgehead atoms. The van der Waals surface area contributed by atoms with E-state index in [1.165, 1.54) is 29.2 Å². The number of benzene rings is 1. The molecule has 0 atom stereocenters. The van der Waals surface area contributed by atoms with Crippen LogP contribution in [0, 0.1) is 11.6 Å². The van der Waals surface area contributed by atoms with Crippen molar-refractivity contribution in [1.82, 2.24) is 15.3 Å². The van der Waals surface area contributed by atoms with Crippen LogP contribution in [0.3, 0.4) is 0 Å². The lowest BCUT2D eigenvalue weighted by Gasteiger charge is -2.05. The molecule has 6 nitrogen and oxygen atoms in total. The zero-order valence-electron chi connectivity index (χ0n) is 14.3. The Labute approximate surface area is 162 Å². The molecule has 10 heteroatoms. The highest BCUT2D eigenvalue weighted by Crippen LogP contribution is 2.30. The van der Waals surface area contributed by atoms with E-state index in [1.54, 1.807) is 12.4 Å². The minimum absolute atomic E-state index is 0.0694. The molecule has 0 fully saturated rings. The van der Waals surface area contributed by atoms with E-state index in [0.29, 0.717) is 22.3 Å². The number of amides is 2. The van der Waals surface area contributed by atoms with Crippen LogP contribution < -0.4 is 10.6 Å². The smallest absolute Gasteiger partial charge is 0.321 e. The first-order valence-corrected chi connectivity index (χ1v) is 9.84. The fourth-order valence-electron chi connectivity index (χ4n) is 2.07. The van der Waals surface area contributed by atoms with Gasteiger partial charge in [-0.1, -0.05) is 24.3 Å². The third kappa shape index (κ3) is 5.51. The van der Waals surface area contributed by atoms with Crippen molar-refractivity contribution >= 4 is 34.3 Å². The van der Waals surface area contributed by atoms with Gasteiger partial charge in [0.1, 0.15) is 5.76 Å². The molecule has 0 aliphatic rings. The van der Waals surface area contributed by atoms with Gasteiger partial charge in [-0.3, -0.25) is 5.32 Å². The molecule has 0 unspecified atom stereocenters. The summed E-state index contributed by atoms with van der Waals surface area (Å²) < 4.78 is 32.5. The summed E-state index contributed by atoms with van der Waals surface area (Å²) in [4.78, 5) is 20.2. The molecule has 0 aliphatic carbocycles. The van der Waals surface area contributed by atoms with Crippen LogP contribution in [0.1, 0.15) is 24.1 Å². The summed E-state index contributed by atoms with van der Waals surface area (Å²) in [6, 6.07) is 2.99. The summed E-state index contributed by atoms with van der Waals surface area (Å²) >= 11 is 2.83. The summed E-state index contributed by atoms with van der Waals surface area (Å²) in [5.74, 6) is 0.184. The summed E-state index contributed by atoms with van der Waals surface area (Å²) in [6.45, 7) is 2.07. The maximum Gasteiger partial charge on any atom is 0.321 e. The zero-order valence-corrected chi connectivity index (χ0v) is 15.9. The first-order valence-electron chi connectivity index (χ1n) is 8.04. The first-order chi connectivity index (χ1) is 13.0. The van der Waals surface area contributed by atoms with Crippen LogP contribution in [0.25, 0.3) is 0 Å². The Bertz CT molecular complexity index is 929. The molecule has 0 radical (unpaired) electrons. The number of hydrogen-bond acceptors (Lipinski definition) is 6. The van der Waals surface area contributed by atoms with E-state index in [-0.39, 0.29) is 6.54 Å². The number of aromatic nitrogens is 2. The van der Waals surface area contributed by atoms with E-state index in [9.17, 15) is 13.6 Å². The summed E-state index contributed by atoms with van der Waals surface area (Å²) in [5.41, 5.74) is 0.455. The van der Waals surface area contributed by atoms with Crippen LogP contribution in [-0.2, 0) is 18.7 Å². The monoisotopic (exact) mass is 410 g/mol. The Kier molecular flexibility index (Phi) is 6.40. The number of thiazole rings is 1. The van der Waals surface area contributed by atoms with E-state index >= 15 is 0 Å². The minimum atomic E-state index is -0.951. The van der Waals surface area contributed by atoms with Crippen molar-refractivity contribution in [3.05, 3.63) is 59.4 Å². The largest absolute Gasteiger partial charge is 0.445 e. The van der Waals surface area contributed by atoms with Gasteiger partial charge in [0.2, 0.25) is 5.89 Å². The molecule has 2 N–H and O–H groups in total. The number of anilines is 1. The molecule has 27 heavy (non-hydrogen) atoms. The molecule has 0 spiro atoms. The minimum Gasteiger partial charge on any atom is -0.445 e. The number of aryl methyl sites for hydroxylation is 1. The van der Waals surface area contributed by atoms with Crippen molar-refractivity contribution in [2.24, 2.45) is 0 Å². The van der Waals surface area contributed by atoms with Crippen molar-refractivity contribution in [2.45, 2.75) is 29.9 Å². The van der Waals surface area contributed by atoms with Gasteiger partial charge >= 0.3 is 6.03 Å². The Morgan fingerprint density at radius 2 is 2.11 bits per heavy atom. The standard InChI is InChI=1S/C17H16F2N4O2S2/c1-2-11-7-20-14(25-11)9-26-15-8-22-17(27-15)23-16(24)21-6-10-3-4-12(18)13(19)5-10/h3-5,7-8H,2,6,9H2,1H3,(H2,21,22,23,24). The normalized spacial score (nSPS) is 10.8. The second-order valence-electron chi connectivity index (χ2n) is 5.40. The Morgan fingerprint density at radius 3 is 2.85 bits per heavy atom. The van der Waals surface area contributed by atoms with Crippen LogP contribution in [0.2, 0.25) is 0 Å². The summed E-state index contributed by atoms with van der Waals surface area (Å²) in [6.07, 6.45) is 4.17. The molecule has 0 saturated carbocycles. The molecule has 3 rings (SSSR count). The Balaban J connectivity index is 1.46. The van der Waals surface area contributed by atoms with E-state index in [2.05, 4.69) is 20.6 Å². The van der Waals surface area contributed by atoms with Crippen LogP contribution in [0.15, 0.2) is 39.2 Å². The van der Waals surface area contributed by atoms with Gasteiger partial charge in [-0.25, -0.2) is 23.5 Å². The van der Waals surface area contributed by atoms with E-state index < -0.39 is 17.7 Å². The molecule has 2 amide bonds. The number of thioether (sulfide) groups is 1. The van der Waals surface area contributed by atoms with Gasteiger partial charge in [-0.15, -0.1) is 11.8 Å². The predicted molar refractivity (Wildman–Crippen MR) is 99.8 cm³/mol. The number of nitrogens with zero attached hydrogens (tertiary/aromatic N) is 2. The van der Waals surface area contributed by atoms with E-state index in [4.69, 9.17) is 4.42 Å². The van der Waals surface area contributed by atoms with Gasteiger partial charge < -0.3 is 9.73 Å². The SMILES string of the molecule is CCc1cnc(CSc2cnc(NC(=O)NCc3ccc(F)c(F)c3)s2)o1. The molecule has 142 valence electrons. The van der Waals surface area contributed by atoms with Crippen molar-refractivity contribution in [3.8, 4) is 0 Å². The number of halogens is 2.